The quantitative estimate of drug-likeness (QED) is 0.313. The molecule has 4 aromatic rings. The number of thioether (sulfide) groups is 1. The molecule has 0 unspecified atom stereocenters. The van der Waals surface area contributed by atoms with Crippen molar-refractivity contribution < 1.29 is 14.0 Å². The second-order valence-electron chi connectivity index (χ2n) is 8.21. The first kappa shape index (κ1) is 23.3. The van der Waals surface area contributed by atoms with Gasteiger partial charge in [0.15, 0.2) is 5.16 Å². The Bertz CT molecular complexity index is 1480. The third kappa shape index (κ3) is 4.73. The summed E-state index contributed by atoms with van der Waals surface area (Å²) in [6, 6.07) is 7.13. The van der Waals surface area contributed by atoms with Crippen LogP contribution in [0.25, 0.3) is 10.2 Å². The monoisotopic (exact) mass is 509 g/mol. The van der Waals surface area contributed by atoms with Gasteiger partial charge < -0.3 is 14.6 Å². The number of rotatable bonds is 6. The molecule has 1 aliphatic heterocycles. The molecule has 9 nitrogen and oxygen atoms in total. The standard InChI is InChI=1S/C24H23N5O4S2/c1-14-18(6-3-8-25-14)26-20(31)13-34-24-27-22-21(23(32)29(24)11-16-5-4-10-33-16)17-7-9-28(15(2)30)12-19(17)35-22/h3-6,8,10H,7,9,11-13H2,1-2H3,(H,26,31). The molecule has 0 fully saturated rings. The molecule has 0 bridgehead atoms. The summed E-state index contributed by atoms with van der Waals surface area (Å²) in [5, 5.41) is 3.90. The van der Waals surface area contributed by atoms with Gasteiger partial charge >= 0.3 is 0 Å². The number of aryl methyl sites for hydroxylation is 1. The smallest absolute Gasteiger partial charge is 0.263 e. The first-order valence-corrected chi connectivity index (χ1v) is 12.9. The van der Waals surface area contributed by atoms with Crippen LogP contribution in [0.15, 0.2) is 51.1 Å². The Labute approximate surface area is 209 Å². The third-order valence-electron chi connectivity index (χ3n) is 5.88. The van der Waals surface area contributed by atoms with Crippen molar-refractivity contribution in [1.82, 2.24) is 19.4 Å². The SMILES string of the molecule is CC(=O)N1CCc2c(sc3nc(SCC(=O)Nc4cccnc4C)n(Cc4ccco4)c(=O)c23)C1. The summed E-state index contributed by atoms with van der Waals surface area (Å²) in [6.07, 6.45) is 3.85. The lowest BCUT2D eigenvalue weighted by Crippen LogP contribution is -2.34. The highest BCUT2D eigenvalue weighted by atomic mass is 32.2. The fraction of sp³-hybridized carbons (Fsp3) is 0.292. The lowest BCUT2D eigenvalue weighted by atomic mass is 10.1. The van der Waals surface area contributed by atoms with Crippen molar-refractivity contribution in [3.05, 3.63) is 69.0 Å². The van der Waals surface area contributed by atoms with Crippen LogP contribution in [-0.2, 0) is 29.1 Å². The number of pyridine rings is 1. The topological polar surface area (TPSA) is 110 Å². The number of carbonyl (C=O) groups excluding carboxylic acids is 2. The predicted octanol–water partition coefficient (Wildman–Crippen LogP) is 3.44. The van der Waals surface area contributed by atoms with Crippen LogP contribution < -0.4 is 10.9 Å². The van der Waals surface area contributed by atoms with Crippen LogP contribution in [0.5, 0.6) is 0 Å². The van der Waals surface area contributed by atoms with Crippen molar-refractivity contribution >= 4 is 50.8 Å². The lowest BCUT2D eigenvalue weighted by Gasteiger charge is -2.25. The van der Waals surface area contributed by atoms with E-state index in [0.29, 0.717) is 46.3 Å². The zero-order valence-electron chi connectivity index (χ0n) is 19.2. The van der Waals surface area contributed by atoms with Crippen molar-refractivity contribution in [2.75, 3.05) is 17.6 Å². The Morgan fingerprint density at radius 2 is 2.14 bits per heavy atom. The minimum atomic E-state index is -0.215. The van der Waals surface area contributed by atoms with Gasteiger partial charge in [0.05, 0.1) is 41.9 Å². The molecule has 0 saturated heterocycles. The van der Waals surface area contributed by atoms with Crippen molar-refractivity contribution in [3.63, 3.8) is 0 Å². The van der Waals surface area contributed by atoms with Crippen molar-refractivity contribution in [2.45, 2.75) is 38.5 Å². The molecule has 0 saturated carbocycles. The number of anilines is 1. The number of carbonyl (C=O) groups is 2. The van der Waals surface area contributed by atoms with E-state index >= 15 is 0 Å². The van der Waals surface area contributed by atoms with Crippen LogP contribution in [0.4, 0.5) is 5.69 Å². The number of nitrogens with zero attached hydrogens (tertiary/aromatic N) is 4. The second kappa shape index (κ2) is 9.67. The molecule has 5 rings (SSSR count). The van der Waals surface area contributed by atoms with Crippen LogP contribution in [0.1, 0.15) is 28.8 Å². The maximum Gasteiger partial charge on any atom is 0.263 e. The summed E-state index contributed by atoms with van der Waals surface area (Å²) < 4.78 is 7.06. The number of amides is 2. The predicted molar refractivity (Wildman–Crippen MR) is 135 cm³/mol. The molecule has 11 heteroatoms. The molecule has 4 aromatic heterocycles. The highest BCUT2D eigenvalue weighted by Crippen LogP contribution is 2.34. The maximum absolute atomic E-state index is 13.7. The molecule has 0 radical (unpaired) electrons. The van der Waals surface area contributed by atoms with Gasteiger partial charge in [0.25, 0.3) is 5.56 Å². The maximum atomic E-state index is 13.7. The molecule has 1 aliphatic rings. The number of hydrogen-bond acceptors (Lipinski definition) is 8. The summed E-state index contributed by atoms with van der Waals surface area (Å²) in [5.41, 5.74) is 2.18. The molecule has 0 spiro atoms. The number of fused-ring (bicyclic) bond motifs is 3. The van der Waals surface area contributed by atoms with E-state index in [2.05, 4.69) is 10.3 Å². The van der Waals surface area contributed by atoms with Crippen LogP contribution in [0, 0.1) is 6.92 Å². The number of thiophene rings is 1. The molecule has 180 valence electrons. The molecule has 5 heterocycles. The Morgan fingerprint density at radius 1 is 1.29 bits per heavy atom. The second-order valence-corrected chi connectivity index (χ2v) is 10.2. The number of nitrogens with one attached hydrogen (secondary N) is 1. The molecular weight excluding hydrogens is 486 g/mol. The fourth-order valence-corrected chi connectivity index (χ4v) is 6.14. The number of furan rings is 1. The van der Waals surface area contributed by atoms with Crippen LogP contribution in [0.2, 0.25) is 0 Å². The Balaban J connectivity index is 1.48. The minimum absolute atomic E-state index is 0.0161. The van der Waals surface area contributed by atoms with Gasteiger partial charge in [0.1, 0.15) is 10.6 Å². The molecule has 0 aromatic carbocycles. The molecule has 1 N–H and O–H groups in total. The van der Waals surface area contributed by atoms with Gasteiger partial charge in [-0.3, -0.25) is 23.9 Å². The molecule has 0 aliphatic carbocycles. The van der Waals surface area contributed by atoms with Crippen molar-refractivity contribution in [3.8, 4) is 0 Å². The Kier molecular flexibility index (Phi) is 6.44. The van der Waals surface area contributed by atoms with E-state index in [1.54, 1.807) is 53.1 Å². The van der Waals surface area contributed by atoms with Crippen LogP contribution >= 0.6 is 23.1 Å². The summed E-state index contributed by atoms with van der Waals surface area (Å²) in [5.74, 6) is 0.501. The van der Waals surface area contributed by atoms with Crippen LogP contribution in [-0.4, -0.2) is 43.5 Å². The van der Waals surface area contributed by atoms with E-state index in [1.165, 1.54) is 23.1 Å². The third-order valence-corrected chi connectivity index (χ3v) is 7.97. The van der Waals surface area contributed by atoms with E-state index in [9.17, 15) is 14.4 Å². The van der Waals surface area contributed by atoms with Gasteiger partial charge in [-0.2, -0.15) is 0 Å². The number of aromatic nitrogens is 3. The van der Waals surface area contributed by atoms with Gasteiger partial charge in [-0.05, 0) is 43.2 Å². The Hall–Kier alpha value is -3.44. The lowest BCUT2D eigenvalue weighted by molar-refractivity contribution is -0.129. The summed E-state index contributed by atoms with van der Waals surface area (Å²) in [6.45, 7) is 4.66. The van der Waals surface area contributed by atoms with Gasteiger partial charge in [0.2, 0.25) is 11.8 Å². The molecule has 0 atom stereocenters. The zero-order chi connectivity index (χ0) is 24.5. The summed E-state index contributed by atoms with van der Waals surface area (Å²) >= 11 is 2.64. The normalized spacial score (nSPS) is 13.1. The minimum Gasteiger partial charge on any atom is -0.467 e. The van der Waals surface area contributed by atoms with Gasteiger partial charge in [-0.1, -0.05) is 11.8 Å². The summed E-state index contributed by atoms with van der Waals surface area (Å²) in [4.78, 5) is 50.6. The number of hydrogen-bond donors (Lipinski definition) is 1. The molecule has 2 amide bonds. The average molecular weight is 510 g/mol. The first-order valence-electron chi connectivity index (χ1n) is 11.1. The first-order chi connectivity index (χ1) is 16.9. The van der Waals surface area contributed by atoms with Crippen molar-refractivity contribution in [2.24, 2.45) is 0 Å². The van der Waals surface area contributed by atoms with E-state index < -0.39 is 0 Å². The Morgan fingerprint density at radius 3 is 2.89 bits per heavy atom. The average Bonchev–Trinajstić information content (AvgIpc) is 3.48. The van der Waals surface area contributed by atoms with Gasteiger partial charge in [-0.25, -0.2) is 4.98 Å². The molecular formula is C24H23N5O4S2. The highest BCUT2D eigenvalue weighted by molar-refractivity contribution is 7.99. The van der Waals surface area contributed by atoms with Gasteiger partial charge in [-0.15, -0.1) is 11.3 Å². The fourth-order valence-electron chi connectivity index (χ4n) is 4.07. The van der Waals surface area contributed by atoms with Crippen LogP contribution in [0.3, 0.4) is 0 Å². The van der Waals surface area contributed by atoms with E-state index in [0.717, 1.165) is 16.1 Å². The highest BCUT2D eigenvalue weighted by Gasteiger charge is 2.26. The largest absolute Gasteiger partial charge is 0.467 e. The van der Waals surface area contributed by atoms with E-state index in [-0.39, 0.29) is 29.7 Å². The zero-order valence-corrected chi connectivity index (χ0v) is 20.9. The van der Waals surface area contributed by atoms with Crippen molar-refractivity contribution in [1.29, 1.82) is 0 Å². The molecule has 35 heavy (non-hydrogen) atoms. The summed E-state index contributed by atoms with van der Waals surface area (Å²) in [7, 11) is 0. The van der Waals surface area contributed by atoms with E-state index in [4.69, 9.17) is 9.40 Å². The van der Waals surface area contributed by atoms with Gasteiger partial charge in [0, 0.05) is 24.5 Å². The van der Waals surface area contributed by atoms with E-state index in [1.807, 2.05) is 6.92 Å².